The lowest BCUT2D eigenvalue weighted by molar-refractivity contribution is -0.141. The van der Waals surface area contributed by atoms with Crippen LogP contribution in [0.2, 0.25) is 0 Å². The molecule has 0 spiro atoms. The monoisotopic (exact) mass is 395 g/mol. The van der Waals surface area contributed by atoms with Crippen LogP contribution >= 0.6 is 0 Å². The fraction of sp³-hybridized carbons (Fsp3) is 0.520. The van der Waals surface area contributed by atoms with E-state index in [0.717, 1.165) is 38.8 Å². The van der Waals surface area contributed by atoms with Crippen LogP contribution in [-0.4, -0.2) is 38.7 Å². The topological polar surface area (TPSA) is 41.9 Å². The Bertz CT molecular complexity index is 807. The van der Waals surface area contributed by atoms with E-state index in [1.807, 2.05) is 12.1 Å². The number of nitrogens with zero attached hydrogens (tertiary/aromatic N) is 1. The highest BCUT2D eigenvalue weighted by Crippen LogP contribution is 2.42. The number of ether oxygens (including phenoxy) is 2. The molecule has 4 rings (SSSR count). The number of hydrogen-bond donors (Lipinski definition) is 1. The van der Waals surface area contributed by atoms with Gasteiger partial charge in [0.05, 0.1) is 0 Å². The van der Waals surface area contributed by atoms with Crippen molar-refractivity contribution in [1.29, 1.82) is 0 Å². The van der Waals surface area contributed by atoms with Crippen molar-refractivity contribution in [2.24, 2.45) is 11.8 Å². The fourth-order valence-corrected chi connectivity index (χ4v) is 5.28. The molecule has 2 aromatic rings. The lowest BCUT2D eigenvalue weighted by atomic mass is 9.72. The zero-order valence-corrected chi connectivity index (χ0v) is 17.8. The molecule has 0 bridgehead atoms. The van der Waals surface area contributed by atoms with Gasteiger partial charge in [-0.05, 0) is 72.6 Å². The van der Waals surface area contributed by atoms with Crippen molar-refractivity contribution in [1.82, 2.24) is 0 Å². The molecule has 156 valence electrons. The summed E-state index contributed by atoms with van der Waals surface area (Å²) in [5.41, 5.74) is 5.35. The number of piperidine rings is 1. The van der Waals surface area contributed by atoms with Crippen LogP contribution in [0.25, 0.3) is 0 Å². The van der Waals surface area contributed by atoms with Gasteiger partial charge in [-0.1, -0.05) is 25.1 Å². The normalized spacial score (nSPS) is 22.7. The van der Waals surface area contributed by atoms with Crippen LogP contribution < -0.4 is 4.90 Å². The zero-order valence-electron chi connectivity index (χ0n) is 17.8. The Morgan fingerprint density at radius 2 is 1.66 bits per heavy atom. The third-order valence-corrected chi connectivity index (χ3v) is 6.91. The van der Waals surface area contributed by atoms with E-state index in [-0.39, 0.29) is 6.29 Å². The predicted molar refractivity (Wildman–Crippen MR) is 117 cm³/mol. The van der Waals surface area contributed by atoms with Crippen molar-refractivity contribution in [3.63, 3.8) is 0 Å². The third kappa shape index (κ3) is 4.15. The van der Waals surface area contributed by atoms with E-state index in [4.69, 9.17) is 9.47 Å². The van der Waals surface area contributed by atoms with Crippen molar-refractivity contribution >= 4 is 5.69 Å². The summed E-state index contributed by atoms with van der Waals surface area (Å²) in [7, 11) is 3.45. The van der Waals surface area contributed by atoms with Crippen LogP contribution in [-0.2, 0) is 15.9 Å². The second-order valence-corrected chi connectivity index (χ2v) is 8.63. The van der Waals surface area contributed by atoms with Gasteiger partial charge in [0.1, 0.15) is 5.75 Å². The average Bonchev–Trinajstić information content (AvgIpc) is 2.75. The number of aromatic hydroxyl groups is 1. The summed E-state index contributed by atoms with van der Waals surface area (Å²) < 4.78 is 10.9. The molecule has 2 aromatic carbocycles. The molecule has 0 amide bonds. The van der Waals surface area contributed by atoms with Gasteiger partial charge in [-0.15, -0.1) is 0 Å². The van der Waals surface area contributed by atoms with Gasteiger partial charge >= 0.3 is 0 Å². The first-order chi connectivity index (χ1) is 14.1. The molecule has 0 saturated carbocycles. The molecule has 4 heteroatoms. The third-order valence-electron chi connectivity index (χ3n) is 6.91. The summed E-state index contributed by atoms with van der Waals surface area (Å²) in [5, 5.41) is 9.85. The maximum absolute atomic E-state index is 9.85. The lowest BCUT2D eigenvalue weighted by Crippen LogP contribution is -2.39. The molecule has 1 aliphatic carbocycles. The summed E-state index contributed by atoms with van der Waals surface area (Å²) in [6.45, 7) is 4.42. The highest BCUT2D eigenvalue weighted by Gasteiger charge is 2.29. The number of rotatable bonds is 5. The maximum Gasteiger partial charge on any atom is 0.159 e. The number of anilines is 1. The molecular formula is C25H33NO3. The summed E-state index contributed by atoms with van der Waals surface area (Å²) >= 11 is 0. The first-order valence-corrected chi connectivity index (χ1v) is 10.8. The summed E-state index contributed by atoms with van der Waals surface area (Å²) in [4.78, 5) is 2.47. The molecule has 0 aromatic heterocycles. The van der Waals surface area contributed by atoms with Crippen LogP contribution in [0.15, 0.2) is 42.5 Å². The SMILES string of the molecule is COC(OC)C1CCN(c2ccc(C3c4ccc(O)cc4CCC3C)cc2)CC1. The van der Waals surface area contributed by atoms with E-state index in [2.05, 4.69) is 42.2 Å². The smallest absolute Gasteiger partial charge is 0.159 e. The Labute approximate surface area is 174 Å². The van der Waals surface area contributed by atoms with E-state index < -0.39 is 0 Å². The Hall–Kier alpha value is -2.04. The van der Waals surface area contributed by atoms with Gasteiger partial charge in [0, 0.05) is 44.8 Å². The molecule has 2 unspecified atom stereocenters. The first kappa shape index (κ1) is 20.2. The van der Waals surface area contributed by atoms with Crippen molar-refractivity contribution < 1.29 is 14.6 Å². The Balaban J connectivity index is 1.48. The van der Waals surface area contributed by atoms with E-state index in [1.54, 1.807) is 14.2 Å². The molecule has 1 aliphatic heterocycles. The number of phenolic OH excluding ortho intramolecular Hbond substituents is 1. The molecule has 1 N–H and O–H groups in total. The van der Waals surface area contributed by atoms with Gasteiger partial charge < -0.3 is 19.5 Å². The Morgan fingerprint density at radius 1 is 0.966 bits per heavy atom. The van der Waals surface area contributed by atoms with E-state index >= 15 is 0 Å². The van der Waals surface area contributed by atoms with Crippen LogP contribution in [0.5, 0.6) is 5.75 Å². The van der Waals surface area contributed by atoms with Crippen LogP contribution in [0.1, 0.15) is 48.8 Å². The van der Waals surface area contributed by atoms with Gasteiger partial charge in [-0.2, -0.15) is 0 Å². The van der Waals surface area contributed by atoms with Crippen molar-refractivity contribution in [2.75, 3.05) is 32.2 Å². The van der Waals surface area contributed by atoms with Gasteiger partial charge in [0.2, 0.25) is 0 Å². The quantitative estimate of drug-likeness (QED) is 0.728. The standard InChI is InChI=1S/C25H33NO3/c1-17-4-5-20-16-22(27)10-11-23(20)24(17)18-6-8-21(9-7-18)26-14-12-19(13-15-26)25(28-2)29-3/h6-11,16-17,19,24-25,27H,4-5,12-15H2,1-3H3. The molecule has 2 atom stereocenters. The average molecular weight is 396 g/mol. The van der Waals surface area contributed by atoms with Crippen LogP contribution in [0, 0.1) is 11.8 Å². The van der Waals surface area contributed by atoms with Gasteiger partial charge in [0.15, 0.2) is 6.29 Å². The summed E-state index contributed by atoms with van der Waals surface area (Å²) in [6.07, 6.45) is 4.30. The number of methoxy groups -OCH3 is 2. The highest BCUT2D eigenvalue weighted by molar-refractivity contribution is 5.51. The van der Waals surface area contributed by atoms with Gasteiger partial charge in [0.25, 0.3) is 0 Å². The Morgan fingerprint density at radius 3 is 2.31 bits per heavy atom. The fourth-order valence-electron chi connectivity index (χ4n) is 5.28. The van der Waals surface area contributed by atoms with E-state index in [9.17, 15) is 5.11 Å². The number of hydrogen-bond acceptors (Lipinski definition) is 4. The van der Waals surface area contributed by atoms with Crippen molar-refractivity contribution in [3.05, 3.63) is 59.2 Å². The molecule has 4 nitrogen and oxygen atoms in total. The minimum Gasteiger partial charge on any atom is -0.508 e. The second-order valence-electron chi connectivity index (χ2n) is 8.63. The second kappa shape index (κ2) is 8.76. The van der Waals surface area contributed by atoms with Crippen molar-refractivity contribution in [2.45, 2.75) is 44.8 Å². The van der Waals surface area contributed by atoms with Gasteiger partial charge in [-0.25, -0.2) is 0 Å². The minimum atomic E-state index is -0.0909. The number of fused-ring (bicyclic) bond motifs is 1. The zero-order chi connectivity index (χ0) is 20.4. The van der Waals surface area contributed by atoms with Crippen molar-refractivity contribution in [3.8, 4) is 5.75 Å². The molecule has 1 fully saturated rings. The lowest BCUT2D eigenvalue weighted by Gasteiger charge is -2.36. The number of benzene rings is 2. The summed E-state index contributed by atoms with van der Waals surface area (Å²) in [6, 6.07) is 15.1. The number of phenols is 1. The van der Waals surface area contributed by atoms with Crippen LogP contribution in [0.4, 0.5) is 5.69 Å². The Kier molecular flexibility index (Phi) is 6.12. The molecule has 0 radical (unpaired) electrons. The molecule has 1 heterocycles. The predicted octanol–water partition coefficient (Wildman–Crippen LogP) is 4.94. The summed E-state index contributed by atoms with van der Waals surface area (Å²) in [5.74, 6) is 1.86. The minimum absolute atomic E-state index is 0.0909. The van der Waals surface area contributed by atoms with Gasteiger partial charge in [-0.3, -0.25) is 0 Å². The molecule has 2 aliphatic rings. The largest absolute Gasteiger partial charge is 0.508 e. The maximum atomic E-state index is 9.85. The number of aryl methyl sites for hydroxylation is 1. The molecular weight excluding hydrogens is 362 g/mol. The van der Waals surface area contributed by atoms with E-state index in [1.165, 1.54) is 22.4 Å². The highest BCUT2D eigenvalue weighted by atomic mass is 16.7. The van der Waals surface area contributed by atoms with E-state index in [0.29, 0.717) is 23.5 Å². The molecule has 1 saturated heterocycles. The van der Waals surface area contributed by atoms with Crippen LogP contribution in [0.3, 0.4) is 0 Å². The molecule has 29 heavy (non-hydrogen) atoms. The first-order valence-electron chi connectivity index (χ1n) is 10.8.